The first-order chi connectivity index (χ1) is 15.3. The maximum absolute atomic E-state index is 6.05. The highest BCUT2D eigenvalue weighted by Crippen LogP contribution is 2.39. The van der Waals surface area contributed by atoms with Crippen LogP contribution in [0.3, 0.4) is 0 Å². The average molecular weight is 394 g/mol. The predicted octanol–water partition coefficient (Wildman–Crippen LogP) is 8.66. The van der Waals surface area contributed by atoms with Gasteiger partial charge in [-0.2, -0.15) is 0 Å². The zero-order chi connectivity index (χ0) is 20.4. The number of benzene rings is 6. The molecule has 0 aliphatic carbocycles. The van der Waals surface area contributed by atoms with Crippen LogP contribution in [0.5, 0.6) is 0 Å². The monoisotopic (exact) mass is 394 g/mol. The number of furan rings is 1. The number of para-hydroxylation sites is 1. The Hall–Kier alpha value is -4.10. The summed E-state index contributed by atoms with van der Waals surface area (Å²) in [6.45, 7) is 0. The molecule has 1 heterocycles. The van der Waals surface area contributed by atoms with Gasteiger partial charge in [0.25, 0.3) is 0 Å². The fraction of sp³-hybridized carbons (Fsp3) is 0. The van der Waals surface area contributed by atoms with E-state index >= 15 is 0 Å². The van der Waals surface area contributed by atoms with Gasteiger partial charge in [0.1, 0.15) is 11.3 Å². The van der Waals surface area contributed by atoms with Gasteiger partial charge in [0.2, 0.25) is 0 Å². The molecule has 0 fully saturated rings. The van der Waals surface area contributed by atoms with E-state index in [4.69, 9.17) is 4.42 Å². The van der Waals surface area contributed by atoms with E-state index < -0.39 is 0 Å². The van der Waals surface area contributed by atoms with Gasteiger partial charge in [0.15, 0.2) is 0 Å². The van der Waals surface area contributed by atoms with E-state index in [1.807, 2.05) is 18.2 Å². The quantitative estimate of drug-likeness (QED) is 0.267. The summed E-state index contributed by atoms with van der Waals surface area (Å²) in [5.74, 6) is 0.906. The van der Waals surface area contributed by atoms with Crippen molar-refractivity contribution in [2.24, 2.45) is 0 Å². The topological polar surface area (TPSA) is 13.1 Å². The number of fused-ring (bicyclic) bond motifs is 1. The molecule has 0 saturated heterocycles. The Morgan fingerprint density at radius 3 is 1.90 bits per heavy atom. The lowest BCUT2D eigenvalue weighted by Crippen LogP contribution is -1.87. The summed E-state index contributed by atoms with van der Waals surface area (Å²) in [5.41, 5.74) is 4.51. The molecule has 1 nitrogen and oxygen atoms in total. The highest BCUT2D eigenvalue weighted by Gasteiger charge is 2.12. The average Bonchev–Trinajstić information content (AvgIpc) is 3.27. The molecule has 0 atom stereocenters. The largest absolute Gasteiger partial charge is 0.456 e. The molecule has 0 N–H and O–H groups in total. The van der Waals surface area contributed by atoms with Crippen LogP contribution in [0.2, 0.25) is 0 Å². The fourth-order valence-electron chi connectivity index (χ4n) is 4.93. The number of hydrogen-bond acceptors (Lipinski definition) is 1. The van der Waals surface area contributed by atoms with Crippen LogP contribution < -0.4 is 0 Å². The smallest absolute Gasteiger partial charge is 0.135 e. The van der Waals surface area contributed by atoms with Crippen LogP contribution in [0.25, 0.3) is 65.7 Å². The van der Waals surface area contributed by atoms with E-state index in [-0.39, 0.29) is 0 Å². The van der Waals surface area contributed by atoms with E-state index in [9.17, 15) is 0 Å². The van der Waals surface area contributed by atoms with Gasteiger partial charge >= 0.3 is 0 Å². The van der Waals surface area contributed by atoms with Crippen LogP contribution in [0.1, 0.15) is 0 Å². The minimum atomic E-state index is 0.906. The van der Waals surface area contributed by atoms with E-state index in [0.717, 1.165) is 22.3 Å². The van der Waals surface area contributed by atoms with E-state index in [0.29, 0.717) is 0 Å². The van der Waals surface area contributed by atoms with Gasteiger partial charge in [-0.25, -0.2) is 0 Å². The molecule has 0 bridgehead atoms. The van der Waals surface area contributed by atoms with Gasteiger partial charge in [-0.1, -0.05) is 97.1 Å². The lowest BCUT2D eigenvalue weighted by molar-refractivity contribution is 0.631. The molecule has 0 radical (unpaired) electrons. The van der Waals surface area contributed by atoms with E-state index in [1.54, 1.807) is 0 Å². The molecule has 7 aromatic rings. The Bertz CT molecular complexity index is 1670. The van der Waals surface area contributed by atoms with Crippen molar-refractivity contribution in [3.05, 3.63) is 109 Å². The van der Waals surface area contributed by atoms with Gasteiger partial charge in [0.05, 0.1) is 0 Å². The first-order valence-corrected chi connectivity index (χ1v) is 10.6. The summed E-state index contributed by atoms with van der Waals surface area (Å²) in [7, 11) is 0. The Morgan fingerprint density at radius 2 is 1.10 bits per heavy atom. The fourth-order valence-corrected chi connectivity index (χ4v) is 4.93. The molecule has 31 heavy (non-hydrogen) atoms. The molecule has 6 aromatic carbocycles. The Balaban J connectivity index is 1.40. The molecule has 7 rings (SSSR count). The van der Waals surface area contributed by atoms with Crippen LogP contribution in [0.15, 0.2) is 114 Å². The summed E-state index contributed by atoms with van der Waals surface area (Å²) in [6, 6.07) is 39.0. The van der Waals surface area contributed by atoms with Crippen molar-refractivity contribution in [2.75, 3.05) is 0 Å². The van der Waals surface area contributed by atoms with Crippen molar-refractivity contribution in [3.63, 3.8) is 0 Å². The standard InChI is InChI=1S/C30H18O/c1-2-7-27-24(4-1)18-28(31-27)20-10-8-19(9-11-20)25-16-14-23-13-12-21-5-3-6-22-15-17-26(25)30(23)29(21)22/h1-18H. The number of rotatable bonds is 2. The van der Waals surface area contributed by atoms with Crippen LogP contribution >= 0.6 is 0 Å². The van der Waals surface area contributed by atoms with Crippen molar-refractivity contribution in [3.8, 4) is 22.5 Å². The maximum Gasteiger partial charge on any atom is 0.135 e. The van der Waals surface area contributed by atoms with Crippen molar-refractivity contribution < 1.29 is 4.42 Å². The van der Waals surface area contributed by atoms with Crippen molar-refractivity contribution in [1.29, 1.82) is 0 Å². The predicted molar refractivity (Wildman–Crippen MR) is 131 cm³/mol. The third-order valence-electron chi connectivity index (χ3n) is 6.43. The lowest BCUT2D eigenvalue weighted by Gasteiger charge is -2.14. The van der Waals surface area contributed by atoms with Crippen molar-refractivity contribution in [1.82, 2.24) is 0 Å². The van der Waals surface area contributed by atoms with Gasteiger partial charge < -0.3 is 4.42 Å². The van der Waals surface area contributed by atoms with Gasteiger partial charge in [-0.3, -0.25) is 0 Å². The Morgan fingerprint density at radius 1 is 0.452 bits per heavy atom. The summed E-state index contributed by atoms with van der Waals surface area (Å²) < 4.78 is 6.05. The van der Waals surface area contributed by atoms with Crippen molar-refractivity contribution >= 4 is 43.3 Å². The molecule has 0 spiro atoms. The first kappa shape index (κ1) is 16.7. The Kier molecular flexibility index (Phi) is 3.33. The minimum absolute atomic E-state index is 0.906. The second-order valence-corrected chi connectivity index (χ2v) is 8.19. The van der Waals surface area contributed by atoms with Crippen LogP contribution in [0, 0.1) is 0 Å². The highest BCUT2D eigenvalue weighted by molar-refractivity contribution is 6.25. The minimum Gasteiger partial charge on any atom is -0.456 e. The second kappa shape index (κ2) is 6.20. The third-order valence-corrected chi connectivity index (χ3v) is 6.43. The van der Waals surface area contributed by atoms with E-state index in [2.05, 4.69) is 91.0 Å². The molecular weight excluding hydrogens is 376 g/mol. The Labute approximate surface area is 179 Å². The van der Waals surface area contributed by atoms with E-state index in [1.165, 1.54) is 43.4 Å². The van der Waals surface area contributed by atoms with Crippen molar-refractivity contribution in [2.45, 2.75) is 0 Å². The summed E-state index contributed by atoms with van der Waals surface area (Å²) >= 11 is 0. The van der Waals surface area contributed by atoms with Gasteiger partial charge in [-0.15, -0.1) is 0 Å². The van der Waals surface area contributed by atoms with Gasteiger partial charge in [0, 0.05) is 10.9 Å². The summed E-state index contributed by atoms with van der Waals surface area (Å²) in [6.07, 6.45) is 0. The van der Waals surface area contributed by atoms with Gasteiger partial charge in [-0.05, 0) is 55.6 Å². The SMILES string of the molecule is c1ccc2oc(-c3ccc(-c4ccc5ccc6cccc7ccc4c5c67)cc3)cc2c1. The zero-order valence-electron chi connectivity index (χ0n) is 16.8. The zero-order valence-corrected chi connectivity index (χ0v) is 16.8. The summed E-state index contributed by atoms with van der Waals surface area (Å²) in [4.78, 5) is 0. The molecule has 0 saturated carbocycles. The molecule has 0 aliphatic rings. The summed E-state index contributed by atoms with van der Waals surface area (Å²) in [5, 5.41) is 9.04. The molecule has 1 aromatic heterocycles. The second-order valence-electron chi connectivity index (χ2n) is 8.19. The van der Waals surface area contributed by atoms with Crippen LogP contribution in [-0.2, 0) is 0 Å². The van der Waals surface area contributed by atoms with Crippen LogP contribution in [-0.4, -0.2) is 0 Å². The normalized spacial score (nSPS) is 11.9. The third kappa shape index (κ3) is 2.44. The lowest BCUT2D eigenvalue weighted by atomic mass is 9.90. The number of hydrogen-bond donors (Lipinski definition) is 0. The molecule has 144 valence electrons. The molecule has 0 amide bonds. The molecule has 1 heteroatoms. The molecular formula is C30H18O. The highest BCUT2D eigenvalue weighted by atomic mass is 16.3. The molecule has 0 unspecified atom stereocenters. The van der Waals surface area contributed by atoms with Crippen LogP contribution in [0.4, 0.5) is 0 Å². The first-order valence-electron chi connectivity index (χ1n) is 10.6. The maximum atomic E-state index is 6.05. The molecule has 0 aliphatic heterocycles.